The van der Waals surface area contributed by atoms with Crippen LogP contribution >= 0.6 is 0 Å². The second kappa shape index (κ2) is 15.0. The third kappa shape index (κ3) is 7.89. The molecule has 1 fully saturated rings. The van der Waals surface area contributed by atoms with Crippen molar-refractivity contribution < 1.29 is 28.8 Å². The number of aliphatic hydroxyl groups excluding tert-OH is 1. The SMILES string of the molecule is CO[C@H]1O[C@H](COCc2ccccc2)[C@@H]([C@H](O)c2ccccc2)[C@H](OCc2ccccc2)[C@H]1OCc1ccccc1. The summed E-state index contributed by atoms with van der Waals surface area (Å²) in [4.78, 5) is 0. The highest BCUT2D eigenvalue weighted by atomic mass is 16.7. The van der Waals surface area contributed by atoms with Crippen LogP contribution in [-0.2, 0) is 43.5 Å². The van der Waals surface area contributed by atoms with Gasteiger partial charge >= 0.3 is 0 Å². The van der Waals surface area contributed by atoms with Gasteiger partial charge in [0, 0.05) is 13.0 Å². The zero-order chi connectivity index (χ0) is 28.3. The minimum atomic E-state index is -0.886. The summed E-state index contributed by atoms with van der Waals surface area (Å²) >= 11 is 0. The molecule has 4 aromatic rings. The zero-order valence-corrected chi connectivity index (χ0v) is 23.3. The second-order valence-corrected chi connectivity index (χ2v) is 10.2. The molecule has 0 aromatic heterocycles. The van der Waals surface area contributed by atoms with Crippen LogP contribution < -0.4 is 0 Å². The van der Waals surface area contributed by atoms with Crippen LogP contribution in [0, 0.1) is 5.92 Å². The van der Waals surface area contributed by atoms with Crippen molar-refractivity contribution in [3.05, 3.63) is 144 Å². The molecular weight excluding hydrogens is 516 g/mol. The Hall–Kier alpha value is -3.36. The molecule has 0 spiro atoms. The fourth-order valence-electron chi connectivity index (χ4n) is 5.30. The van der Waals surface area contributed by atoms with Gasteiger partial charge < -0.3 is 28.8 Å². The zero-order valence-electron chi connectivity index (χ0n) is 23.3. The fourth-order valence-corrected chi connectivity index (χ4v) is 5.30. The molecule has 0 aliphatic carbocycles. The number of hydrogen-bond donors (Lipinski definition) is 1. The van der Waals surface area contributed by atoms with Gasteiger partial charge in [-0.25, -0.2) is 0 Å². The van der Waals surface area contributed by atoms with E-state index in [4.69, 9.17) is 23.7 Å². The Kier molecular flexibility index (Phi) is 10.7. The summed E-state index contributed by atoms with van der Waals surface area (Å²) in [7, 11) is 1.60. The highest BCUT2D eigenvalue weighted by Gasteiger charge is 2.50. The van der Waals surface area contributed by atoms with Gasteiger partial charge in [-0.3, -0.25) is 0 Å². The molecule has 4 aromatic carbocycles. The van der Waals surface area contributed by atoms with Crippen LogP contribution in [0.2, 0.25) is 0 Å². The minimum absolute atomic E-state index is 0.250. The van der Waals surface area contributed by atoms with Crippen LogP contribution in [0.3, 0.4) is 0 Å². The van der Waals surface area contributed by atoms with Crippen LogP contribution in [0.5, 0.6) is 0 Å². The highest BCUT2D eigenvalue weighted by Crippen LogP contribution is 2.39. The second-order valence-electron chi connectivity index (χ2n) is 10.2. The van der Waals surface area contributed by atoms with E-state index in [0.717, 1.165) is 22.3 Å². The highest BCUT2D eigenvalue weighted by molar-refractivity contribution is 5.20. The minimum Gasteiger partial charge on any atom is -0.388 e. The van der Waals surface area contributed by atoms with Crippen molar-refractivity contribution in [1.29, 1.82) is 0 Å². The van der Waals surface area contributed by atoms with E-state index >= 15 is 0 Å². The number of ether oxygens (including phenoxy) is 5. The summed E-state index contributed by atoms with van der Waals surface area (Å²) in [5.41, 5.74) is 3.89. The molecule has 1 N–H and O–H groups in total. The van der Waals surface area contributed by atoms with E-state index in [1.165, 1.54) is 0 Å². The maximum Gasteiger partial charge on any atom is 0.186 e. The molecule has 0 amide bonds. The molecule has 1 aliphatic rings. The van der Waals surface area contributed by atoms with E-state index in [1.54, 1.807) is 7.11 Å². The largest absolute Gasteiger partial charge is 0.388 e. The van der Waals surface area contributed by atoms with Crippen LogP contribution in [0.4, 0.5) is 0 Å². The number of rotatable bonds is 13. The van der Waals surface area contributed by atoms with Crippen LogP contribution in [0.1, 0.15) is 28.4 Å². The molecule has 6 atom stereocenters. The Morgan fingerprint density at radius 3 is 1.61 bits per heavy atom. The van der Waals surface area contributed by atoms with E-state index < -0.39 is 36.6 Å². The van der Waals surface area contributed by atoms with Crippen LogP contribution in [-0.4, -0.2) is 43.4 Å². The lowest BCUT2D eigenvalue weighted by atomic mass is 9.81. The third-order valence-electron chi connectivity index (χ3n) is 7.41. The van der Waals surface area contributed by atoms with Crippen LogP contribution in [0.25, 0.3) is 0 Å². The molecule has 6 heteroatoms. The normalized spacial score (nSPS) is 23.2. The van der Waals surface area contributed by atoms with Gasteiger partial charge in [0.25, 0.3) is 0 Å². The molecule has 0 radical (unpaired) electrons. The summed E-state index contributed by atoms with van der Waals surface area (Å²) in [6.45, 7) is 1.38. The van der Waals surface area contributed by atoms with E-state index in [1.807, 2.05) is 121 Å². The van der Waals surface area contributed by atoms with Crippen molar-refractivity contribution >= 4 is 0 Å². The lowest BCUT2D eigenvalue weighted by Gasteiger charge is -2.47. The van der Waals surface area contributed by atoms with E-state index in [2.05, 4.69) is 0 Å². The monoisotopic (exact) mass is 554 g/mol. The maximum absolute atomic E-state index is 11.8. The number of aliphatic hydroxyl groups is 1. The fraction of sp³-hybridized carbons (Fsp3) is 0.314. The Bertz CT molecular complexity index is 1270. The van der Waals surface area contributed by atoms with Crippen LogP contribution in [0.15, 0.2) is 121 Å². The molecule has 6 nitrogen and oxygen atoms in total. The van der Waals surface area contributed by atoms with Crippen molar-refractivity contribution in [1.82, 2.24) is 0 Å². The van der Waals surface area contributed by atoms with Gasteiger partial charge in [0.15, 0.2) is 6.29 Å². The third-order valence-corrected chi connectivity index (χ3v) is 7.41. The molecule has 5 rings (SSSR count). The van der Waals surface area contributed by atoms with Crippen molar-refractivity contribution in [2.75, 3.05) is 13.7 Å². The predicted molar refractivity (Wildman–Crippen MR) is 157 cm³/mol. The molecular formula is C35H38O6. The average molecular weight is 555 g/mol. The first-order valence-corrected chi connectivity index (χ1v) is 14.1. The number of hydrogen-bond acceptors (Lipinski definition) is 6. The Morgan fingerprint density at radius 2 is 1.10 bits per heavy atom. The summed E-state index contributed by atoms with van der Waals surface area (Å²) < 4.78 is 31.6. The van der Waals surface area contributed by atoms with Gasteiger partial charge in [-0.05, 0) is 22.3 Å². The van der Waals surface area contributed by atoms with E-state index in [0.29, 0.717) is 19.8 Å². The standard InChI is InChI=1S/C35H38O6/c1-37-35-34(40-24-28-18-10-4-11-19-28)33(39-23-27-16-8-3-9-17-27)31(32(36)29-20-12-5-13-21-29)30(41-35)25-38-22-26-14-6-2-7-15-26/h2-21,30-36H,22-25H2,1H3/t30-,31+,32-,33+,34-,35+/m1/s1. The summed E-state index contributed by atoms with van der Waals surface area (Å²) in [5.74, 6) is -0.496. The Morgan fingerprint density at radius 1 is 0.634 bits per heavy atom. The quantitative estimate of drug-likeness (QED) is 0.216. The van der Waals surface area contributed by atoms with Gasteiger partial charge in [-0.2, -0.15) is 0 Å². The van der Waals surface area contributed by atoms with E-state index in [-0.39, 0.29) is 6.61 Å². The first-order chi connectivity index (χ1) is 20.2. The lowest BCUT2D eigenvalue weighted by Crippen LogP contribution is -2.59. The molecule has 0 saturated carbocycles. The summed E-state index contributed by atoms with van der Waals surface area (Å²) in [6, 6.07) is 39.6. The smallest absolute Gasteiger partial charge is 0.186 e. The Labute approximate surface area is 242 Å². The van der Waals surface area contributed by atoms with Gasteiger partial charge in [-0.15, -0.1) is 0 Å². The van der Waals surface area contributed by atoms with Gasteiger partial charge in [0.2, 0.25) is 0 Å². The molecule has 0 bridgehead atoms. The van der Waals surface area contributed by atoms with Gasteiger partial charge in [-0.1, -0.05) is 121 Å². The number of methoxy groups -OCH3 is 1. The van der Waals surface area contributed by atoms with Crippen molar-refractivity contribution in [2.45, 2.75) is 50.5 Å². The molecule has 214 valence electrons. The average Bonchev–Trinajstić information content (AvgIpc) is 3.04. The first kappa shape index (κ1) is 29.1. The molecule has 1 saturated heterocycles. The van der Waals surface area contributed by atoms with E-state index in [9.17, 15) is 5.11 Å². The molecule has 1 aliphatic heterocycles. The molecule has 41 heavy (non-hydrogen) atoms. The lowest BCUT2D eigenvalue weighted by molar-refractivity contribution is -0.315. The first-order valence-electron chi connectivity index (χ1n) is 14.1. The van der Waals surface area contributed by atoms with Gasteiger partial charge in [0.1, 0.15) is 6.10 Å². The molecule has 1 heterocycles. The van der Waals surface area contributed by atoms with Gasteiger partial charge in [0.05, 0.1) is 44.7 Å². The predicted octanol–water partition coefficient (Wildman–Crippen LogP) is 6.10. The van der Waals surface area contributed by atoms with Crippen molar-refractivity contribution in [3.8, 4) is 0 Å². The topological polar surface area (TPSA) is 66.4 Å². The summed E-state index contributed by atoms with van der Waals surface area (Å²) in [5, 5.41) is 11.8. The maximum atomic E-state index is 11.8. The van der Waals surface area contributed by atoms with Crippen molar-refractivity contribution in [3.63, 3.8) is 0 Å². The number of benzene rings is 4. The van der Waals surface area contributed by atoms with Crippen molar-refractivity contribution in [2.24, 2.45) is 5.92 Å². The summed E-state index contributed by atoms with van der Waals surface area (Å²) in [6.07, 6.45) is -3.28. The molecule has 0 unspecified atom stereocenters. The Balaban J connectivity index is 1.44.